The Bertz CT molecular complexity index is 725. The highest BCUT2D eigenvalue weighted by atomic mass is 35.5. The van der Waals surface area contributed by atoms with Crippen LogP contribution in [0.1, 0.15) is 22.8 Å². The van der Waals surface area contributed by atoms with Gasteiger partial charge < -0.3 is 20.1 Å². The number of rotatable bonds is 7. The van der Waals surface area contributed by atoms with Gasteiger partial charge in [0.25, 0.3) is 5.91 Å². The molecule has 0 aromatic heterocycles. The van der Waals surface area contributed by atoms with Gasteiger partial charge in [-0.25, -0.2) is 4.39 Å². The number of carbonyl (C=O) groups is 1. The second-order valence-corrected chi connectivity index (χ2v) is 5.08. The van der Waals surface area contributed by atoms with E-state index in [1.807, 2.05) is 25.1 Å². The van der Waals surface area contributed by atoms with E-state index in [2.05, 4.69) is 10.6 Å². The molecule has 1 amide bonds. The Kier molecular flexibility index (Phi) is 8.18. The van der Waals surface area contributed by atoms with Gasteiger partial charge in [-0.05, 0) is 24.2 Å². The van der Waals surface area contributed by atoms with Crippen LogP contribution in [-0.4, -0.2) is 26.7 Å². The smallest absolute Gasteiger partial charge is 0.258 e. The SMILES string of the molecule is CCNCc1ccccc1NC(=O)c1cc(OC)c(OC)cc1F.Cl. The quantitative estimate of drug-likeness (QED) is 0.783. The summed E-state index contributed by atoms with van der Waals surface area (Å²) in [7, 11) is 2.84. The average molecular weight is 369 g/mol. The zero-order chi connectivity index (χ0) is 17.5. The third kappa shape index (κ3) is 5.08. The molecule has 0 aliphatic heterocycles. The molecular formula is C18H22ClFN2O3. The van der Waals surface area contributed by atoms with Crippen LogP contribution in [0.25, 0.3) is 0 Å². The van der Waals surface area contributed by atoms with Crippen LogP contribution in [0.4, 0.5) is 10.1 Å². The lowest BCUT2D eigenvalue weighted by Gasteiger charge is -2.13. The number of benzene rings is 2. The molecule has 0 saturated carbocycles. The Morgan fingerprint density at radius 1 is 1.12 bits per heavy atom. The summed E-state index contributed by atoms with van der Waals surface area (Å²) in [5.74, 6) is -0.684. The van der Waals surface area contributed by atoms with Crippen molar-refractivity contribution in [3.05, 3.63) is 53.3 Å². The number of methoxy groups -OCH3 is 2. The molecule has 2 N–H and O–H groups in total. The molecular weight excluding hydrogens is 347 g/mol. The zero-order valence-corrected chi connectivity index (χ0v) is 15.2. The highest BCUT2D eigenvalue weighted by Crippen LogP contribution is 2.30. The molecule has 0 saturated heterocycles. The van der Waals surface area contributed by atoms with E-state index < -0.39 is 11.7 Å². The topological polar surface area (TPSA) is 59.6 Å². The van der Waals surface area contributed by atoms with E-state index >= 15 is 0 Å². The first-order valence-corrected chi connectivity index (χ1v) is 7.62. The van der Waals surface area contributed by atoms with Crippen LogP contribution in [0, 0.1) is 5.82 Å². The Balaban J connectivity index is 0.00000312. The number of halogens is 2. The van der Waals surface area contributed by atoms with Crippen LogP contribution in [0.5, 0.6) is 11.5 Å². The molecule has 5 nitrogen and oxygen atoms in total. The number of anilines is 1. The molecule has 0 fully saturated rings. The fourth-order valence-electron chi connectivity index (χ4n) is 2.27. The number of carbonyl (C=O) groups excluding carboxylic acids is 1. The summed E-state index contributed by atoms with van der Waals surface area (Å²) in [4.78, 5) is 12.5. The minimum atomic E-state index is -0.672. The minimum absolute atomic E-state index is 0. The van der Waals surface area contributed by atoms with Gasteiger partial charge in [0.2, 0.25) is 0 Å². The molecule has 0 atom stereocenters. The zero-order valence-electron chi connectivity index (χ0n) is 14.4. The third-order valence-corrected chi connectivity index (χ3v) is 3.55. The summed E-state index contributed by atoms with van der Waals surface area (Å²) >= 11 is 0. The van der Waals surface area contributed by atoms with E-state index in [0.717, 1.165) is 18.2 Å². The van der Waals surface area contributed by atoms with Gasteiger partial charge in [-0.3, -0.25) is 4.79 Å². The number of hydrogen-bond donors (Lipinski definition) is 2. The maximum Gasteiger partial charge on any atom is 0.258 e. The summed E-state index contributed by atoms with van der Waals surface area (Å²) in [6.07, 6.45) is 0. The maximum absolute atomic E-state index is 14.2. The standard InChI is InChI=1S/C18H21FN2O3.ClH/c1-4-20-11-12-7-5-6-8-15(12)21-18(22)13-9-16(23-2)17(24-3)10-14(13)19;/h5-10,20H,4,11H2,1-3H3,(H,21,22);1H. The van der Waals surface area contributed by atoms with Crippen molar-refractivity contribution in [3.8, 4) is 11.5 Å². The Morgan fingerprint density at radius 2 is 1.76 bits per heavy atom. The van der Waals surface area contributed by atoms with Crippen molar-refractivity contribution in [2.24, 2.45) is 0 Å². The van der Waals surface area contributed by atoms with Crippen LogP contribution in [0.15, 0.2) is 36.4 Å². The van der Waals surface area contributed by atoms with E-state index in [4.69, 9.17) is 9.47 Å². The fourth-order valence-corrected chi connectivity index (χ4v) is 2.27. The Hall–Kier alpha value is -2.31. The first-order valence-electron chi connectivity index (χ1n) is 7.62. The van der Waals surface area contributed by atoms with Crippen molar-refractivity contribution in [3.63, 3.8) is 0 Å². The summed E-state index contributed by atoms with van der Waals surface area (Å²) < 4.78 is 24.4. The van der Waals surface area contributed by atoms with E-state index in [0.29, 0.717) is 18.0 Å². The van der Waals surface area contributed by atoms with Gasteiger partial charge in [-0.15, -0.1) is 12.4 Å². The largest absolute Gasteiger partial charge is 0.493 e. The van der Waals surface area contributed by atoms with Crippen molar-refractivity contribution < 1.29 is 18.7 Å². The Labute approximate surface area is 152 Å². The van der Waals surface area contributed by atoms with Gasteiger partial charge in [-0.2, -0.15) is 0 Å². The van der Waals surface area contributed by atoms with E-state index in [9.17, 15) is 9.18 Å². The molecule has 0 heterocycles. The summed E-state index contributed by atoms with van der Waals surface area (Å²) in [5, 5.41) is 5.95. The second kappa shape index (κ2) is 9.86. The van der Waals surface area contributed by atoms with Crippen LogP contribution < -0.4 is 20.1 Å². The first kappa shape index (κ1) is 20.7. The highest BCUT2D eigenvalue weighted by molar-refractivity contribution is 6.05. The number of hydrogen-bond acceptors (Lipinski definition) is 4. The number of amides is 1. The third-order valence-electron chi connectivity index (χ3n) is 3.55. The minimum Gasteiger partial charge on any atom is -0.493 e. The second-order valence-electron chi connectivity index (χ2n) is 5.08. The van der Waals surface area contributed by atoms with E-state index in [-0.39, 0.29) is 23.7 Å². The van der Waals surface area contributed by atoms with Crippen LogP contribution in [-0.2, 0) is 6.54 Å². The molecule has 0 bridgehead atoms. The lowest BCUT2D eigenvalue weighted by Crippen LogP contribution is -2.18. The molecule has 0 aliphatic carbocycles. The molecule has 0 unspecified atom stereocenters. The van der Waals surface area contributed by atoms with Crippen molar-refractivity contribution in [1.29, 1.82) is 0 Å². The van der Waals surface area contributed by atoms with Gasteiger partial charge in [-0.1, -0.05) is 25.1 Å². The molecule has 25 heavy (non-hydrogen) atoms. The maximum atomic E-state index is 14.2. The molecule has 2 rings (SSSR count). The predicted molar refractivity (Wildman–Crippen MR) is 98.5 cm³/mol. The van der Waals surface area contributed by atoms with Crippen LogP contribution in [0.3, 0.4) is 0 Å². The van der Waals surface area contributed by atoms with Gasteiger partial charge in [0.1, 0.15) is 5.82 Å². The molecule has 0 spiro atoms. The summed E-state index contributed by atoms with van der Waals surface area (Å²) in [6, 6.07) is 9.86. The monoisotopic (exact) mass is 368 g/mol. The van der Waals surface area contributed by atoms with Crippen molar-refractivity contribution in [2.45, 2.75) is 13.5 Å². The van der Waals surface area contributed by atoms with E-state index in [1.165, 1.54) is 20.3 Å². The highest BCUT2D eigenvalue weighted by Gasteiger charge is 2.18. The molecule has 2 aromatic rings. The molecule has 136 valence electrons. The number of para-hydroxylation sites is 1. The lowest BCUT2D eigenvalue weighted by molar-refractivity contribution is 0.102. The van der Waals surface area contributed by atoms with Crippen LogP contribution >= 0.6 is 12.4 Å². The summed E-state index contributed by atoms with van der Waals surface area (Å²) in [5.41, 5.74) is 1.46. The number of ether oxygens (including phenoxy) is 2. The van der Waals surface area contributed by atoms with Crippen molar-refractivity contribution in [2.75, 3.05) is 26.1 Å². The normalized spacial score (nSPS) is 9.92. The summed E-state index contributed by atoms with van der Waals surface area (Å²) in [6.45, 7) is 3.42. The van der Waals surface area contributed by atoms with Gasteiger partial charge in [0.05, 0.1) is 19.8 Å². The van der Waals surface area contributed by atoms with Crippen molar-refractivity contribution >= 4 is 24.0 Å². The number of nitrogens with one attached hydrogen (secondary N) is 2. The predicted octanol–water partition coefficient (Wildman–Crippen LogP) is 3.63. The molecule has 2 aromatic carbocycles. The van der Waals surface area contributed by atoms with Crippen molar-refractivity contribution in [1.82, 2.24) is 5.32 Å². The lowest BCUT2D eigenvalue weighted by atomic mass is 10.1. The van der Waals surface area contributed by atoms with Gasteiger partial charge in [0.15, 0.2) is 11.5 Å². The first-order chi connectivity index (χ1) is 11.6. The molecule has 7 heteroatoms. The Morgan fingerprint density at radius 3 is 2.40 bits per heavy atom. The average Bonchev–Trinajstić information content (AvgIpc) is 2.60. The van der Waals surface area contributed by atoms with Crippen LogP contribution in [0.2, 0.25) is 0 Å². The molecule has 0 radical (unpaired) electrons. The van der Waals surface area contributed by atoms with Gasteiger partial charge in [0, 0.05) is 18.3 Å². The van der Waals surface area contributed by atoms with E-state index in [1.54, 1.807) is 6.07 Å². The molecule has 0 aliphatic rings. The fraction of sp³-hybridized carbons (Fsp3) is 0.278. The van der Waals surface area contributed by atoms with Gasteiger partial charge >= 0.3 is 0 Å².